The van der Waals surface area contributed by atoms with Crippen molar-refractivity contribution in [3.8, 4) is 11.5 Å². The maximum atomic E-state index is 11.8. The number of phenols is 2. The summed E-state index contributed by atoms with van der Waals surface area (Å²) < 4.78 is 0. The monoisotopic (exact) mass is 253 g/mol. The molecule has 0 aromatic heterocycles. The molecule has 4 N–H and O–H groups in total. The van der Waals surface area contributed by atoms with E-state index < -0.39 is 29.4 Å². The van der Waals surface area contributed by atoms with Crippen LogP contribution in [-0.4, -0.2) is 33.2 Å². The van der Waals surface area contributed by atoms with Gasteiger partial charge >= 0.3 is 5.97 Å². The van der Waals surface area contributed by atoms with E-state index in [1.807, 2.05) is 0 Å². The molecule has 1 atom stereocenters. The van der Waals surface area contributed by atoms with Gasteiger partial charge in [-0.1, -0.05) is 19.9 Å². The van der Waals surface area contributed by atoms with E-state index in [0.717, 1.165) is 0 Å². The third-order valence-corrected chi connectivity index (χ3v) is 2.48. The number of carbonyl (C=O) groups excluding carboxylic acids is 1. The number of para-hydroxylation sites is 1. The molecule has 0 radical (unpaired) electrons. The molecule has 0 aliphatic carbocycles. The molecule has 0 bridgehead atoms. The van der Waals surface area contributed by atoms with Crippen LogP contribution in [0.15, 0.2) is 18.2 Å². The van der Waals surface area contributed by atoms with E-state index in [9.17, 15) is 19.8 Å². The zero-order valence-corrected chi connectivity index (χ0v) is 10.0. The summed E-state index contributed by atoms with van der Waals surface area (Å²) in [5, 5.41) is 30.0. The van der Waals surface area contributed by atoms with Crippen LogP contribution in [0.1, 0.15) is 24.2 Å². The van der Waals surface area contributed by atoms with Gasteiger partial charge in [0.15, 0.2) is 11.5 Å². The minimum absolute atomic E-state index is 0.165. The molecule has 0 aliphatic heterocycles. The maximum Gasteiger partial charge on any atom is 0.326 e. The molecule has 1 aromatic rings. The Morgan fingerprint density at radius 2 is 1.83 bits per heavy atom. The first kappa shape index (κ1) is 13.8. The molecule has 0 unspecified atom stereocenters. The molecule has 1 aromatic carbocycles. The largest absolute Gasteiger partial charge is 0.504 e. The second-order valence-electron chi connectivity index (χ2n) is 4.21. The number of hydrogen-bond acceptors (Lipinski definition) is 4. The number of aliphatic carboxylic acids is 1. The van der Waals surface area contributed by atoms with Gasteiger partial charge in [-0.2, -0.15) is 0 Å². The first-order valence-electron chi connectivity index (χ1n) is 5.39. The molecular formula is C12H15NO5. The van der Waals surface area contributed by atoms with Gasteiger partial charge in [-0.15, -0.1) is 0 Å². The van der Waals surface area contributed by atoms with Crippen LogP contribution in [0.25, 0.3) is 0 Å². The van der Waals surface area contributed by atoms with Crippen LogP contribution >= 0.6 is 0 Å². The van der Waals surface area contributed by atoms with Crippen molar-refractivity contribution in [1.29, 1.82) is 0 Å². The number of carboxylic acid groups (broad SMARTS) is 1. The van der Waals surface area contributed by atoms with E-state index >= 15 is 0 Å². The van der Waals surface area contributed by atoms with E-state index in [2.05, 4.69) is 5.32 Å². The second kappa shape index (κ2) is 5.39. The van der Waals surface area contributed by atoms with Crippen LogP contribution in [0.3, 0.4) is 0 Å². The average Bonchev–Trinajstić information content (AvgIpc) is 2.28. The van der Waals surface area contributed by atoms with Gasteiger partial charge in [0.2, 0.25) is 0 Å². The number of amides is 1. The van der Waals surface area contributed by atoms with E-state index in [-0.39, 0.29) is 11.5 Å². The van der Waals surface area contributed by atoms with Gasteiger partial charge in [0.05, 0.1) is 5.56 Å². The summed E-state index contributed by atoms with van der Waals surface area (Å²) in [4.78, 5) is 22.7. The zero-order chi connectivity index (χ0) is 13.9. The molecular weight excluding hydrogens is 238 g/mol. The Hall–Kier alpha value is -2.24. The van der Waals surface area contributed by atoms with Crippen molar-refractivity contribution in [2.45, 2.75) is 19.9 Å². The number of rotatable bonds is 4. The third kappa shape index (κ3) is 2.91. The molecule has 0 heterocycles. The van der Waals surface area contributed by atoms with Crippen LogP contribution < -0.4 is 5.32 Å². The molecule has 0 spiro atoms. The number of aromatic hydroxyl groups is 2. The predicted molar refractivity (Wildman–Crippen MR) is 63.5 cm³/mol. The molecule has 0 aliphatic rings. The average molecular weight is 253 g/mol. The molecule has 6 heteroatoms. The van der Waals surface area contributed by atoms with Crippen molar-refractivity contribution in [3.63, 3.8) is 0 Å². The normalized spacial score (nSPS) is 12.2. The fourth-order valence-corrected chi connectivity index (χ4v) is 1.45. The second-order valence-corrected chi connectivity index (χ2v) is 4.21. The Balaban J connectivity index is 2.94. The van der Waals surface area contributed by atoms with Crippen molar-refractivity contribution in [2.75, 3.05) is 0 Å². The van der Waals surface area contributed by atoms with Crippen molar-refractivity contribution >= 4 is 11.9 Å². The van der Waals surface area contributed by atoms with E-state index in [1.54, 1.807) is 13.8 Å². The van der Waals surface area contributed by atoms with Crippen LogP contribution in [-0.2, 0) is 4.79 Å². The smallest absolute Gasteiger partial charge is 0.326 e. The fraction of sp³-hybridized carbons (Fsp3) is 0.333. The van der Waals surface area contributed by atoms with Crippen molar-refractivity contribution in [2.24, 2.45) is 5.92 Å². The highest BCUT2D eigenvalue weighted by Gasteiger charge is 2.25. The number of phenolic OH excluding ortho intramolecular Hbond substituents is 2. The van der Waals surface area contributed by atoms with Crippen molar-refractivity contribution in [1.82, 2.24) is 5.32 Å². The summed E-state index contributed by atoms with van der Waals surface area (Å²) >= 11 is 0. The summed E-state index contributed by atoms with van der Waals surface area (Å²) in [5.41, 5.74) is -0.165. The number of benzene rings is 1. The fourth-order valence-electron chi connectivity index (χ4n) is 1.45. The van der Waals surface area contributed by atoms with Gasteiger partial charge in [0, 0.05) is 0 Å². The Kier molecular flexibility index (Phi) is 4.14. The van der Waals surface area contributed by atoms with Crippen LogP contribution in [0.2, 0.25) is 0 Å². The molecule has 0 saturated carbocycles. The number of carboxylic acids is 1. The van der Waals surface area contributed by atoms with Gasteiger partial charge in [0.1, 0.15) is 6.04 Å². The van der Waals surface area contributed by atoms with Gasteiger partial charge in [-0.3, -0.25) is 4.79 Å². The van der Waals surface area contributed by atoms with Crippen molar-refractivity contribution < 1.29 is 24.9 Å². The highest BCUT2D eigenvalue weighted by Crippen LogP contribution is 2.28. The SMILES string of the molecule is CC(C)[C@H](NC(=O)c1cccc(O)c1O)C(=O)O. The summed E-state index contributed by atoms with van der Waals surface area (Å²) in [6, 6.07) is 2.85. The third-order valence-electron chi connectivity index (χ3n) is 2.48. The highest BCUT2D eigenvalue weighted by atomic mass is 16.4. The molecule has 0 fully saturated rings. The lowest BCUT2D eigenvalue weighted by Gasteiger charge is -2.18. The molecule has 6 nitrogen and oxygen atoms in total. The molecule has 98 valence electrons. The van der Waals surface area contributed by atoms with E-state index in [0.29, 0.717) is 0 Å². The first-order valence-corrected chi connectivity index (χ1v) is 5.39. The molecule has 1 rings (SSSR count). The summed E-state index contributed by atoms with van der Waals surface area (Å²) in [6.07, 6.45) is 0. The topological polar surface area (TPSA) is 107 Å². The Morgan fingerprint density at radius 1 is 1.22 bits per heavy atom. The summed E-state index contributed by atoms with van der Waals surface area (Å²) in [5.74, 6) is -3.20. The van der Waals surface area contributed by atoms with Gasteiger partial charge in [-0.05, 0) is 18.1 Å². The van der Waals surface area contributed by atoms with Crippen LogP contribution in [0, 0.1) is 5.92 Å². The van der Waals surface area contributed by atoms with Gasteiger partial charge in [-0.25, -0.2) is 4.79 Å². The van der Waals surface area contributed by atoms with Crippen LogP contribution in [0.4, 0.5) is 0 Å². The Labute approximate surface area is 104 Å². The zero-order valence-electron chi connectivity index (χ0n) is 10.0. The minimum atomic E-state index is -1.15. The lowest BCUT2D eigenvalue weighted by molar-refractivity contribution is -0.140. The highest BCUT2D eigenvalue weighted by molar-refractivity contribution is 5.99. The number of carbonyl (C=O) groups is 2. The standard InChI is InChI=1S/C12H15NO5/c1-6(2)9(12(17)18)13-11(16)7-4-3-5-8(14)10(7)15/h3-6,9,14-15H,1-2H3,(H,13,16)(H,17,18)/t9-/m0/s1. The van der Waals surface area contributed by atoms with E-state index in [4.69, 9.17) is 5.11 Å². The van der Waals surface area contributed by atoms with Gasteiger partial charge < -0.3 is 20.6 Å². The predicted octanol–water partition coefficient (Wildman–Crippen LogP) is 0.937. The van der Waals surface area contributed by atoms with Crippen molar-refractivity contribution in [3.05, 3.63) is 23.8 Å². The molecule has 18 heavy (non-hydrogen) atoms. The molecule has 1 amide bonds. The van der Waals surface area contributed by atoms with E-state index in [1.165, 1.54) is 18.2 Å². The lowest BCUT2D eigenvalue weighted by atomic mass is 10.0. The Morgan fingerprint density at radius 3 is 2.33 bits per heavy atom. The van der Waals surface area contributed by atoms with Gasteiger partial charge in [0.25, 0.3) is 5.91 Å². The quantitative estimate of drug-likeness (QED) is 0.597. The Bertz CT molecular complexity index is 470. The maximum absolute atomic E-state index is 11.8. The minimum Gasteiger partial charge on any atom is -0.504 e. The summed E-state index contributed by atoms with van der Waals surface area (Å²) in [6.45, 7) is 3.31. The number of hydrogen-bond donors (Lipinski definition) is 4. The summed E-state index contributed by atoms with van der Waals surface area (Å²) in [7, 11) is 0. The first-order chi connectivity index (χ1) is 8.34. The lowest BCUT2D eigenvalue weighted by Crippen LogP contribution is -2.44. The number of nitrogens with one attached hydrogen (secondary N) is 1. The van der Waals surface area contributed by atoms with Crippen LogP contribution in [0.5, 0.6) is 11.5 Å². The molecule has 0 saturated heterocycles.